The molecule has 6 heteroatoms. The SMILES string of the molecule is CC(CN)S(=O)(=O)c1ccc(Cl)s1. The first-order valence-corrected chi connectivity index (χ1v) is 6.42. The van der Waals surface area contributed by atoms with Crippen LogP contribution in [0.5, 0.6) is 0 Å². The Bertz CT molecular complexity index is 385. The normalized spacial score (nSPS) is 14.4. The Morgan fingerprint density at radius 2 is 2.23 bits per heavy atom. The molecular formula is C7H10ClNO2S2. The molecule has 0 saturated carbocycles. The van der Waals surface area contributed by atoms with Crippen molar-refractivity contribution in [2.24, 2.45) is 5.73 Å². The van der Waals surface area contributed by atoms with Crippen molar-refractivity contribution in [2.45, 2.75) is 16.4 Å². The van der Waals surface area contributed by atoms with Gasteiger partial charge in [0, 0.05) is 6.54 Å². The predicted octanol–water partition coefficient (Wildman–Crippen LogP) is 1.52. The molecule has 1 aromatic rings. The van der Waals surface area contributed by atoms with E-state index in [4.69, 9.17) is 17.3 Å². The van der Waals surface area contributed by atoms with E-state index in [1.54, 1.807) is 13.0 Å². The highest BCUT2D eigenvalue weighted by atomic mass is 35.5. The van der Waals surface area contributed by atoms with Gasteiger partial charge < -0.3 is 5.73 Å². The van der Waals surface area contributed by atoms with Crippen molar-refractivity contribution in [3.05, 3.63) is 16.5 Å². The summed E-state index contributed by atoms with van der Waals surface area (Å²) in [5.74, 6) is 0. The molecule has 13 heavy (non-hydrogen) atoms. The van der Waals surface area contributed by atoms with Gasteiger partial charge in [-0.1, -0.05) is 11.6 Å². The van der Waals surface area contributed by atoms with Gasteiger partial charge in [-0.2, -0.15) is 0 Å². The van der Waals surface area contributed by atoms with Crippen LogP contribution in [0.4, 0.5) is 0 Å². The predicted molar refractivity (Wildman–Crippen MR) is 55.0 cm³/mol. The Morgan fingerprint density at radius 1 is 1.62 bits per heavy atom. The van der Waals surface area contributed by atoms with E-state index < -0.39 is 15.1 Å². The Balaban J connectivity index is 3.08. The molecule has 0 saturated heterocycles. The fourth-order valence-electron chi connectivity index (χ4n) is 0.776. The van der Waals surface area contributed by atoms with E-state index in [1.165, 1.54) is 6.07 Å². The molecule has 0 bridgehead atoms. The lowest BCUT2D eigenvalue weighted by Crippen LogP contribution is -2.25. The van der Waals surface area contributed by atoms with Gasteiger partial charge in [-0.15, -0.1) is 11.3 Å². The number of sulfone groups is 1. The Morgan fingerprint density at radius 3 is 2.62 bits per heavy atom. The zero-order valence-corrected chi connectivity index (χ0v) is 9.42. The molecule has 0 aromatic carbocycles. The third kappa shape index (κ3) is 2.22. The van der Waals surface area contributed by atoms with Gasteiger partial charge in [-0.05, 0) is 19.1 Å². The average molecular weight is 240 g/mol. The van der Waals surface area contributed by atoms with E-state index in [0.717, 1.165) is 11.3 Å². The zero-order valence-electron chi connectivity index (χ0n) is 7.03. The van der Waals surface area contributed by atoms with E-state index in [9.17, 15) is 8.42 Å². The highest BCUT2D eigenvalue weighted by molar-refractivity contribution is 7.94. The second-order valence-corrected chi connectivity index (χ2v) is 6.96. The number of nitrogens with two attached hydrogens (primary N) is 1. The van der Waals surface area contributed by atoms with E-state index in [-0.39, 0.29) is 10.8 Å². The summed E-state index contributed by atoms with van der Waals surface area (Å²) in [6.45, 7) is 1.71. The second-order valence-electron chi connectivity index (χ2n) is 2.65. The zero-order chi connectivity index (χ0) is 10.1. The summed E-state index contributed by atoms with van der Waals surface area (Å²) in [5.41, 5.74) is 5.29. The van der Waals surface area contributed by atoms with Gasteiger partial charge in [0.2, 0.25) is 0 Å². The van der Waals surface area contributed by atoms with E-state index >= 15 is 0 Å². The van der Waals surface area contributed by atoms with Crippen LogP contribution in [0.2, 0.25) is 4.34 Å². The van der Waals surface area contributed by atoms with Crippen molar-refractivity contribution in [1.29, 1.82) is 0 Å². The molecule has 0 aliphatic heterocycles. The molecule has 1 unspecified atom stereocenters. The van der Waals surface area contributed by atoms with Gasteiger partial charge in [-0.25, -0.2) is 8.42 Å². The average Bonchev–Trinajstić information content (AvgIpc) is 2.50. The van der Waals surface area contributed by atoms with Crippen LogP contribution >= 0.6 is 22.9 Å². The maximum atomic E-state index is 11.6. The fourth-order valence-corrected chi connectivity index (χ4v) is 3.82. The van der Waals surface area contributed by atoms with Gasteiger partial charge in [0.25, 0.3) is 0 Å². The topological polar surface area (TPSA) is 60.2 Å². The third-order valence-electron chi connectivity index (χ3n) is 1.69. The molecule has 2 N–H and O–H groups in total. The molecule has 1 heterocycles. The number of hydrogen-bond donors (Lipinski definition) is 1. The molecule has 3 nitrogen and oxygen atoms in total. The van der Waals surface area contributed by atoms with Gasteiger partial charge in [0.1, 0.15) is 4.21 Å². The lowest BCUT2D eigenvalue weighted by atomic mass is 10.5. The molecule has 74 valence electrons. The number of halogens is 1. The quantitative estimate of drug-likeness (QED) is 0.870. The summed E-state index contributed by atoms with van der Waals surface area (Å²) in [6.07, 6.45) is 0. The van der Waals surface area contributed by atoms with Gasteiger partial charge >= 0.3 is 0 Å². The molecule has 0 spiro atoms. The fraction of sp³-hybridized carbons (Fsp3) is 0.429. The largest absolute Gasteiger partial charge is 0.329 e. The Hall–Kier alpha value is -0.100. The van der Waals surface area contributed by atoms with E-state index in [2.05, 4.69) is 0 Å². The smallest absolute Gasteiger partial charge is 0.191 e. The lowest BCUT2D eigenvalue weighted by Gasteiger charge is -2.07. The van der Waals surface area contributed by atoms with Crippen LogP contribution in [0, 0.1) is 0 Å². The first-order valence-electron chi connectivity index (χ1n) is 3.67. The number of thiophene rings is 1. The van der Waals surface area contributed by atoms with Crippen molar-refractivity contribution < 1.29 is 8.42 Å². The summed E-state index contributed by atoms with van der Waals surface area (Å²) in [4.78, 5) is 0. The van der Waals surface area contributed by atoms with Crippen molar-refractivity contribution in [3.63, 3.8) is 0 Å². The second kappa shape index (κ2) is 3.96. The first-order chi connectivity index (χ1) is 5.98. The monoisotopic (exact) mass is 239 g/mol. The Labute approximate surface area is 86.4 Å². The molecule has 0 aliphatic rings. The van der Waals surface area contributed by atoms with Gasteiger partial charge in [-0.3, -0.25) is 0 Å². The molecule has 1 atom stereocenters. The highest BCUT2D eigenvalue weighted by Gasteiger charge is 2.23. The minimum absolute atomic E-state index is 0.123. The Kier molecular flexibility index (Phi) is 3.34. The summed E-state index contributed by atoms with van der Waals surface area (Å²) in [6, 6.07) is 3.08. The van der Waals surface area contributed by atoms with Crippen LogP contribution in [0.3, 0.4) is 0 Å². The van der Waals surface area contributed by atoms with Crippen LogP contribution in [0.1, 0.15) is 6.92 Å². The van der Waals surface area contributed by atoms with Crippen molar-refractivity contribution in [1.82, 2.24) is 0 Å². The van der Waals surface area contributed by atoms with E-state index in [1.807, 2.05) is 0 Å². The maximum absolute atomic E-state index is 11.6. The summed E-state index contributed by atoms with van der Waals surface area (Å²) < 4.78 is 24.1. The highest BCUT2D eigenvalue weighted by Crippen LogP contribution is 2.27. The number of rotatable bonds is 3. The molecular weight excluding hydrogens is 230 g/mol. The molecule has 0 aliphatic carbocycles. The molecule has 1 rings (SSSR count). The minimum Gasteiger partial charge on any atom is -0.329 e. The lowest BCUT2D eigenvalue weighted by molar-refractivity contribution is 0.586. The molecule has 1 aromatic heterocycles. The van der Waals surface area contributed by atoms with Crippen molar-refractivity contribution in [3.8, 4) is 0 Å². The number of hydrogen-bond acceptors (Lipinski definition) is 4. The third-order valence-corrected chi connectivity index (χ3v) is 5.61. The van der Waals surface area contributed by atoms with Crippen molar-refractivity contribution in [2.75, 3.05) is 6.54 Å². The summed E-state index contributed by atoms with van der Waals surface area (Å²) >= 11 is 6.70. The van der Waals surface area contributed by atoms with E-state index in [0.29, 0.717) is 4.34 Å². The summed E-state index contributed by atoms with van der Waals surface area (Å²) in [7, 11) is -3.26. The molecule has 0 radical (unpaired) electrons. The van der Waals surface area contributed by atoms with Gasteiger partial charge in [0.15, 0.2) is 9.84 Å². The minimum atomic E-state index is -3.26. The van der Waals surface area contributed by atoms with Crippen LogP contribution < -0.4 is 5.73 Å². The molecule has 0 amide bonds. The van der Waals surface area contributed by atoms with Crippen LogP contribution in [0.25, 0.3) is 0 Å². The summed E-state index contributed by atoms with van der Waals surface area (Å²) in [5, 5.41) is -0.554. The molecule has 0 fully saturated rings. The van der Waals surface area contributed by atoms with Crippen molar-refractivity contribution >= 4 is 32.8 Å². The maximum Gasteiger partial charge on any atom is 0.191 e. The van der Waals surface area contributed by atoms with Crippen LogP contribution in [0.15, 0.2) is 16.3 Å². The first kappa shape index (κ1) is 11.0. The standard InChI is InChI=1S/C7H10ClNO2S2/c1-5(4-9)13(10,11)7-3-2-6(8)12-7/h2-3,5H,4,9H2,1H3. The van der Waals surface area contributed by atoms with Gasteiger partial charge in [0.05, 0.1) is 9.59 Å². The van der Waals surface area contributed by atoms with Crippen LogP contribution in [-0.4, -0.2) is 20.2 Å². The van der Waals surface area contributed by atoms with Crippen LogP contribution in [-0.2, 0) is 9.84 Å².